The van der Waals surface area contributed by atoms with Crippen molar-refractivity contribution in [3.8, 4) is 23.0 Å². The molecule has 2 rings (SSSR count). The van der Waals surface area contributed by atoms with Crippen LogP contribution < -0.4 is 9.47 Å². The average Bonchev–Trinajstić information content (AvgIpc) is 2.66. The summed E-state index contributed by atoms with van der Waals surface area (Å²) in [5.74, 6) is 0.733. The van der Waals surface area contributed by atoms with Gasteiger partial charge < -0.3 is 24.8 Å². The van der Waals surface area contributed by atoms with E-state index in [0.29, 0.717) is 17.9 Å². The number of aryl methyl sites for hydroxylation is 1. The van der Waals surface area contributed by atoms with Gasteiger partial charge in [0.05, 0.1) is 20.3 Å². The molecule has 0 saturated carbocycles. The van der Waals surface area contributed by atoms with Crippen molar-refractivity contribution < 1.29 is 29.6 Å². The lowest BCUT2D eigenvalue weighted by molar-refractivity contribution is -0.120. The number of aliphatic hydroxyl groups is 1. The van der Waals surface area contributed by atoms with Crippen LogP contribution in [0, 0.1) is 0 Å². The van der Waals surface area contributed by atoms with Gasteiger partial charge in [-0.25, -0.2) is 0 Å². The molecule has 0 aliphatic rings. The molecular weight excluding hydrogens is 348 g/mol. The van der Waals surface area contributed by atoms with Crippen molar-refractivity contribution in [1.82, 2.24) is 0 Å². The van der Waals surface area contributed by atoms with E-state index in [0.717, 1.165) is 11.1 Å². The maximum absolute atomic E-state index is 12.1. The summed E-state index contributed by atoms with van der Waals surface area (Å²) in [6, 6.07) is 9.78. The first-order valence-corrected chi connectivity index (χ1v) is 8.53. The zero-order valence-corrected chi connectivity index (χ0v) is 15.4. The zero-order chi connectivity index (χ0) is 19.8. The number of carbonyl (C=O) groups is 1. The van der Waals surface area contributed by atoms with Gasteiger partial charge in [-0.05, 0) is 41.8 Å². The second-order valence-corrected chi connectivity index (χ2v) is 6.11. The van der Waals surface area contributed by atoms with Crippen LogP contribution in [0.2, 0.25) is 0 Å². The minimum absolute atomic E-state index is 0.0148. The lowest BCUT2D eigenvalue weighted by Gasteiger charge is -2.08. The first-order chi connectivity index (χ1) is 12.9. The number of aromatic hydroxyl groups is 2. The van der Waals surface area contributed by atoms with E-state index >= 15 is 0 Å². The number of benzene rings is 2. The Bertz CT molecular complexity index is 812. The average molecular weight is 372 g/mol. The number of ether oxygens (including phenoxy) is 2. The Morgan fingerprint density at radius 2 is 1.67 bits per heavy atom. The number of hydrogen-bond donors (Lipinski definition) is 3. The fourth-order valence-corrected chi connectivity index (χ4v) is 2.58. The predicted molar refractivity (Wildman–Crippen MR) is 102 cm³/mol. The van der Waals surface area contributed by atoms with Crippen molar-refractivity contribution in [2.24, 2.45) is 0 Å². The molecule has 0 heterocycles. The fraction of sp³-hybridized carbons (Fsp3) is 0.286. The molecule has 27 heavy (non-hydrogen) atoms. The van der Waals surface area contributed by atoms with Crippen LogP contribution in [0.5, 0.6) is 23.0 Å². The van der Waals surface area contributed by atoms with Crippen LogP contribution in [0.1, 0.15) is 24.0 Å². The first kappa shape index (κ1) is 20.3. The maximum atomic E-state index is 12.1. The van der Waals surface area contributed by atoms with Gasteiger partial charge >= 0.3 is 0 Å². The van der Waals surface area contributed by atoms with E-state index in [-0.39, 0.29) is 30.1 Å². The molecule has 0 aromatic heterocycles. The van der Waals surface area contributed by atoms with Crippen LogP contribution in [0.4, 0.5) is 0 Å². The summed E-state index contributed by atoms with van der Waals surface area (Å²) in [6.45, 7) is 0. The normalized spacial score (nSPS) is 12.1. The SMILES string of the molecule is COc1cc(/C=C/C(O)CC(=O)CCc2ccc(O)c(OC)c2)ccc1O. The molecule has 0 aliphatic carbocycles. The fourth-order valence-electron chi connectivity index (χ4n) is 2.58. The molecule has 1 unspecified atom stereocenters. The van der Waals surface area contributed by atoms with Crippen molar-refractivity contribution in [2.45, 2.75) is 25.4 Å². The third-order valence-electron chi connectivity index (χ3n) is 4.09. The van der Waals surface area contributed by atoms with Crippen LogP contribution in [0.3, 0.4) is 0 Å². The summed E-state index contributed by atoms with van der Waals surface area (Å²) >= 11 is 0. The van der Waals surface area contributed by atoms with Crippen molar-refractivity contribution >= 4 is 11.9 Å². The number of hydrogen-bond acceptors (Lipinski definition) is 6. The smallest absolute Gasteiger partial charge is 0.161 e. The maximum Gasteiger partial charge on any atom is 0.161 e. The van der Waals surface area contributed by atoms with Crippen molar-refractivity contribution in [1.29, 1.82) is 0 Å². The second-order valence-electron chi connectivity index (χ2n) is 6.11. The number of phenolic OH excluding ortho intramolecular Hbond substituents is 2. The number of ketones is 1. The van der Waals surface area contributed by atoms with E-state index in [1.807, 2.05) is 0 Å². The quantitative estimate of drug-likeness (QED) is 0.626. The van der Waals surface area contributed by atoms with E-state index in [4.69, 9.17) is 9.47 Å². The van der Waals surface area contributed by atoms with Gasteiger partial charge in [0.2, 0.25) is 0 Å². The third-order valence-corrected chi connectivity index (χ3v) is 4.09. The van der Waals surface area contributed by atoms with Gasteiger partial charge in [0.1, 0.15) is 5.78 Å². The molecule has 0 bridgehead atoms. The highest BCUT2D eigenvalue weighted by molar-refractivity contribution is 5.79. The molecule has 3 N–H and O–H groups in total. The van der Waals surface area contributed by atoms with Crippen LogP contribution in [-0.2, 0) is 11.2 Å². The molecule has 6 heteroatoms. The summed E-state index contributed by atoms with van der Waals surface area (Å²) < 4.78 is 10.1. The van der Waals surface area contributed by atoms with Gasteiger partial charge in [0.25, 0.3) is 0 Å². The van der Waals surface area contributed by atoms with Crippen LogP contribution in [0.15, 0.2) is 42.5 Å². The zero-order valence-electron chi connectivity index (χ0n) is 15.4. The molecule has 0 amide bonds. The molecule has 2 aromatic carbocycles. The van der Waals surface area contributed by atoms with Crippen LogP contribution in [0.25, 0.3) is 6.08 Å². The van der Waals surface area contributed by atoms with E-state index in [9.17, 15) is 20.1 Å². The predicted octanol–water partition coefficient (Wildman–Crippen LogP) is 3.08. The van der Waals surface area contributed by atoms with Crippen LogP contribution in [-0.4, -0.2) is 41.4 Å². The Hall–Kier alpha value is -2.99. The van der Waals surface area contributed by atoms with E-state index in [1.54, 1.807) is 30.3 Å². The van der Waals surface area contributed by atoms with E-state index in [2.05, 4.69) is 0 Å². The highest BCUT2D eigenvalue weighted by atomic mass is 16.5. The lowest BCUT2D eigenvalue weighted by atomic mass is 10.0. The molecule has 0 aliphatic heterocycles. The Labute approximate surface area is 158 Å². The summed E-state index contributed by atoms with van der Waals surface area (Å²) in [6.07, 6.45) is 3.11. The number of rotatable bonds is 9. The largest absolute Gasteiger partial charge is 0.504 e. The molecule has 0 radical (unpaired) electrons. The van der Waals surface area contributed by atoms with Gasteiger partial charge in [-0.15, -0.1) is 0 Å². The number of carbonyl (C=O) groups excluding carboxylic acids is 1. The highest BCUT2D eigenvalue weighted by Gasteiger charge is 2.10. The Morgan fingerprint density at radius 1 is 1.04 bits per heavy atom. The summed E-state index contributed by atoms with van der Waals surface area (Å²) in [5, 5.41) is 29.2. The summed E-state index contributed by atoms with van der Waals surface area (Å²) in [5.41, 5.74) is 1.62. The highest BCUT2D eigenvalue weighted by Crippen LogP contribution is 2.27. The van der Waals surface area contributed by atoms with Crippen LogP contribution >= 0.6 is 0 Å². The van der Waals surface area contributed by atoms with Crippen molar-refractivity contribution in [3.63, 3.8) is 0 Å². The standard InChI is InChI=1S/C21H24O6/c1-26-20-11-14(5-9-18(20)24)3-7-16(22)13-17(23)8-4-15-6-10-19(25)21(12-15)27-2/h3,5-7,9-12,16,22,24-25H,4,8,13H2,1-2H3/b7-3+. The number of Topliss-reactive ketones (excluding diaryl/α,β-unsaturated/α-hetero) is 1. The molecule has 2 aromatic rings. The molecule has 144 valence electrons. The second kappa shape index (κ2) is 9.64. The molecular formula is C21H24O6. The number of methoxy groups -OCH3 is 2. The van der Waals surface area contributed by atoms with Crippen molar-refractivity contribution in [3.05, 3.63) is 53.6 Å². The Morgan fingerprint density at radius 3 is 2.33 bits per heavy atom. The lowest BCUT2D eigenvalue weighted by Crippen LogP contribution is -2.11. The number of aliphatic hydroxyl groups excluding tert-OH is 1. The van der Waals surface area contributed by atoms with Gasteiger partial charge in [0.15, 0.2) is 23.0 Å². The van der Waals surface area contributed by atoms with Gasteiger partial charge in [-0.2, -0.15) is 0 Å². The molecule has 0 spiro atoms. The number of phenols is 2. The molecule has 6 nitrogen and oxygen atoms in total. The van der Waals surface area contributed by atoms with Gasteiger partial charge in [-0.1, -0.05) is 24.3 Å². The minimum atomic E-state index is -0.897. The Balaban J connectivity index is 1.86. The van der Waals surface area contributed by atoms with E-state index in [1.165, 1.54) is 32.4 Å². The van der Waals surface area contributed by atoms with Crippen molar-refractivity contribution in [2.75, 3.05) is 14.2 Å². The summed E-state index contributed by atoms with van der Waals surface area (Å²) in [4.78, 5) is 12.1. The van der Waals surface area contributed by atoms with Gasteiger partial charge in [-0.3, -0.25) is 4.79 Å². The molecule has 0 saturated heterocycles. The third kappa shape index (κ3) is 6.04. The monoisotopic (exact) mass is 372 g/mol. The Kier molecular flexibility index (Phi) is 7.25. The van der Waals surface area contributed by atoms with E-state index < -0.39 is 6.10 Å². The molecule has 1 atom stereocenters. The minimum Gasteiger partial charge on any atom is -0.504 e. The topological polar surface area (TPSA) is 96.2 Å². The first-order valence-electron chi connectivity index (χ1n) is 8.53. The molecule has 0 fully saturated rings. The van der Waals surface area contributed by atoms with Gasteiger partial charge in [0, 0.05) is 12.8 Å². The summed E-state index contributed by atoms with van der Waals surface area (Å²) in [7, 11) is 2.93.